The molecule has 0 unspecified atom stereocenters. The second kappa shape index (κ2) is 9.09. The number of nitrogens with one attached hydrogen (secondary N) is 3. The number of pyridine rings is 1. The molecule has 5 rings (SSSR count). The van der Waals surface area contributed by atoms with Crippen molar-refractivity contribution in [3.63, 3.8) is 0 Å². The van der Waals surface area contributed by atoms with E-state index in [0.717, 1.165) is 24.0 Å². The summed E-state index contributed by atoms with van der Waals surface area (Å²) in [5.41, 5.74) is 10.0. The molecule has 0 fully saturated rings. The van der Waals surface area contributed by atoms with Gasteiger partial charge in [-0.2, -0.15) is 9.61 Å². The molecule has 1 aromatic carbocycles. The van der Waals surface area contributed by atoms with Gasteiger partial charge in [0, 0.05) is 24.3 Å². The lowest BCUT2D eigenvalue weighted by molar-refractivity contribution is 0.0932. The van der Waals surface area contributed by atoms with Gasteiger partial charge < -0.3 is 26.4 Å². The summed E-state index contributed by atoms with van der Waals surface area (Å²) in [6.45, 7) is 4.99. The molecule has 180 valence electrons. The van der Waals surface area contributed by atoms with Crippen molar-refractivity contribution in [2.45, 2.75) is 26.5 Å². The zero-order valence-corrected chi connectivity index (χ0v) is 19.3. The Labute approximate surface area is 200 Å². The average Bonchev–Trinajstić information content (AvgIpc) is 3.28. The Bertz CT molecular complexity index is 1400. The highest BCUT2D eigenvalue weighted by Crippen LogP contribution is 2.35. The van der Waals surface area contributed by atoms with Crippen molar-refractivity contribution in [2.24, 2.45) is 0 Å². The number of rotatable bonds is 3. The number of benzene rings is 1. The third kappa shape index (κ3) is 4.27. The number of hydrogen-bond donors (Lipinski definition) is 4. The van der Waals surface area contributed by atoms with Crippen LogP contribution in [0.1, 0.15) is 29.8 Å². The van der Waals surface area contributed by atoms with Gasteiger partial charge in [-0.1, -0.05) is 12.1 Å². The lowest BCUT2D eigenvalue weighted by atomic mass is 10.1. The standard InChI is InChI=1S/C24H25FN8O2/c1-3-27-17-6-4-14(5-7-17)19-20(26)33-22-18(12-31-33)23(34)29-9-13(2)35-24-15(8-16(25)11-30-24)10-28-21(19)32-22/h4-8,11-13,27H,3,9-10,26H2,1-2H3,(H,28,32)(H,29,34)/t13-/m0/s1. The number of fused-ring (bicyclic) bond motifs is 2. The summed E-state index contributed by atoms with van der Waals surface area (Å²) < 4.78 is 21.4. The molecule has 0 saturated heterocycles. The van der Waals surface area contributed by atoms with Gasteiger partial charge in [0.25, 0.3) is 5.91 Å². The third-order valence-corrected chi connectivity index (χ3v) is 5.68. The number of carbonyl (C=O) groups excluding carboxylic acids is 1. The second-order valence-corrected chi connectivity index (χ2v) is 8.23. The van der Waals surface area contributed by atoms with Gasteiger partial charge in [-0.3, -0.25) is 4.79 Å². The lowest BCUT2D eigenvalue weighted by Gasteiger charge is -2.18. The van der Waals surface area contributed by atoms with E-state index >= 15 is 0 Å². The highest BCUT2D eigenvalue weighted by Gasteiger charge is 2.23. The number of amides is 1. The summed E-state index contributed by atoms with van der Waals surface area (Å²) in [7, 11) is 0. The van der Waals surface area contributed by atoms with E-state index in [2.05, 4.69) is 26.0 Å². The summed E-state index contributed by atoms with van der Waals surface area (Å²) in [6, 6.07) is 9.10. The SMILES string of the molecule is CCNc1ccc(-c2c3nc4c(cnn4c2N)C(=O)NC[C@H](C)Oc2ncc(F)cc2CN3)cc1. The van der Waals surface area contributed by atoms with E-state index in [1.807, 2.05) is 31.2 Å². The van der Waals surface area contributed by atoms with Gasteiger partial charge in [-0.25, -0.2) is 14.4 Å². The highest BCUT2D eigenvalue weighted by molar-refractivity contribution is 6.01. The predicted molar refractivity (Wildman–Crippen MR) is 131 cm³/mol. The van der Waals surface area contributed by atoms with E-state index in [1.54, 1.807) is 6.92 Å². The van der Waals surface area contributed by atoms with Crippen molar-refractivity contribution in [1.29, 1.82) is 0 Å². The first-order valence-corrected chi connectivity index (χ1v) is 11.3. The smallest absolute Gasteiger partial charge is 0.256 e. The van der Waals surface area contributed by atoms with Gasteiger partial charge in [0.15, 0.2) is 5.65 Å². The zero-order valence-electron chi connectivity index (χ0n) is 19.3. The number of nitrogens with two attached hydrogens (primary N) is 1. The maximum atomic E-state index is 14.0. The normalized spacial score (nSPS) is 15.7. The second-order valence-electron chi connectivity index (χ2n) is 8.23. The fourth-order valence-corrected chi connectivity index (χ4v) is 3.99. The molecular formula is C24H25FN8O2. The number of aromatic nitrogens is 4. The topological polar surface area (TPSA) is 131 Å². The van der Waals surface area contributed by atoms with Crippen LogP contribution in [-0.4, -0.2) is 44.7 Å². The van der Waals surface area contributed by atoms with Crippen LogP contribution in [0.25, 0.3) is 16.8 Å². The van der Waals surface area contributed by atoms with Gasteiger partial charge in [-0.15, -0.1) is 0 Å². The Kier molecular flexibility index (Phi) is 5.81. The maximum Gasteiger partial charge on any atom is 0.256 e. The minimum atomic E-state index is -0.486. The monoisotopic (exact) mass is 476 g/mol. The van der Waals surface area contributed by atoms with E-state index in [9.17, 15) is 9.18 Å². The van der Waals surface area contributed by atoms with Gasteiger partial charge in [-0.05, 0) is 37.6 Å². The van der Waals surface area contributed by atoms with E-state index in [4.69, 9.17) is 15.5 Å². The first kappa shape index (κ1) is 22.4. The lowest BCUT2D eigenvalue weighted by Crippen LogP contribution is -2.33. The summed E-state index contributed by atoms with van der Waals surface area (Å²) >= 11 is 0. The van der Waals surface area contributed by atoms with Crippen LogP contribution >= 0.6 is 0 Å². The fourth-order valence-electron chi connectivity index (χ4n) is 3.99. The number of anilines is 3. The Morgan fingerprint density at radius 3 is 2.83 bits per heavy atom. The van der Waals surface area contributed by atoms with Crippen LogP contribution in [0.3, 0.4) is 0 Å². The van der Waals surface area contributed by atoms with Crippen LogP contribution in [-0.2, 0) is 6.54 Å². The molecule has 4 heterocycles. The first-order valence-electron chi connectivity index (χ1n) is 11.3. The van der Waals surface area contributed by atoms with Crippen LogP contribution in [0.4, 0.5) is 21.7 Å². The number of hydrogen-bond acceptors (Lipinski definition) is 8. The Hall–Kier alpha value is -4.41. The molecule has 10 nitrogen and oxygen atoms in total. The van der Waals surface area contributed by atoms with Crippen LogP contribution in [0.2, 0.25) is 0 Å². The minimum absolute atomic E-state index is 0.169. The summed E-state index contributed by atoms with van der Waals surface area (Å²) in [5, 5.41) is 13.7. The van der Waals surface area contributed by atoms with Crippen molar-refractivity contribution in [3.8, 4) is 17.0 Å². The molecule has 4 aromatic rings. The number of nitrogen functional groups attached to an aromatic ring is 1. The van der Waals surface area contributed by atoms with Crippen molar-refractivity contribution < 1.29 is 13.9 Å². The number of carbonyl (C=O) groups is 1. The van der Waals surface area contributed by atoms with Gasteiger partial charge in [0.1, 0.15) is 29.1 Å². The summed E-state index contributed by atoms with van der Waals surface area (Å²) in [5.74, 6) is 0.156. The quantitative estimate of drug-likeness (QED) is 0.355. The molecule has 0 saturated carbocycles. The third-order valence-electron chi connectivity index (χ3n) is 5.68. The molecule has 2 bridgehead atoms. The number of ether oxygens (including phenoxy) is 1. The molecule has 1 amide bonds. The molecule has 1 aliphatic rings. The molecule has 5 N–H and O–H groups in total. The van der Waals surface area contributed by atoms with Gasteiger partial charge >= 0.3 is 0 Å². The molecule has 0 aliphatic carbocycles. The molecular weight excluding hydrogens is 451 g/mol. The number of halogens is 1. The molecule has 35 heavy (non-hydrogen) atoms. The molecule has 0 spiro atoms. The molecule has 11 heteroatoms. The summed E-state index contributed by atoms with van der Waals surface area (Å²) in [4.78, 5) is 21.7. The van der Waals surface area contributed by atoms with Crippen molar-refractivity contribution >= 4 is 28.9 Å². The van der Waals surface area contributed by atoms with Crippen LogP contribution < -0.4 is 26.4 Å². The van der Waals surface area contributed by atoms with Crippen molar-refractivity contribution in [1.82, 2.24) is 24.9 Å². The Morgan fingerprint density at radius 1 is 1.26 bits per heavy atom. The van der Waals surface area contributed by atoms with E-state index < -0.39 is 11.9 Å². The predicted octanol–water partition coefficient (Wildman–Crippen LogP) is 3.07. The molecule has 1 atom stereocenters. The van der Waals surface area contributed by atoms with E-state index in [-0.39, 0.29) is 30.4 Å². The van der Waals surface area contributed by atoms with Gasteiger partial charge in [0.05, 0.1) is 24.5 Å². The summed E-state index contributed by atoms with van der Waals surface area (Å²) in [6.07, 6.45) is 2.13. The minimum Gasteiger partial charge on any atom is -0.473 e. The molecule has 1 aliphatic heterocycles. The van der Waals surface area contributed by atoms with Crippen LogP contribution in [0.15, 0.2) is 42.7 Å². The Balaban J connectivity index is 1.67. The van der Waals surface area contributed by atoms with Gasteiger partial charge in [0.2, 0.25) is 5.88 Å². The maximum absolute atomic E-state index is 14.0. The molecule has 3 aromatic heterocycles. The Morgan fingerprint density at radius 2 is 2.06 bits per heavy atom. The largest absolute Gasteiger partial charge is 0.473 e. The van der Waals surface area contributed by atoms with Crippen LogP contribution in [0.5, 0.6) is 5.88 Å². The average molecular weight is 477 g/mol. The van der Waals surface area contributed by atoms with E-state index in [0.29, 0.717) is 28.4 Å². The fraction of sp³-hybridized carbons (Fsp3) is 0.250. The van der Waals surface area contributed by atoms with Crippen molar-refractivity contribution in [3.05, 3.63) is 59.7 Å². The number of nitrogens with zero attached hydrogens (tertiary/aromatic N) is 4. The first-order chi connectivity index (χ1) is 16.9. The molecule has 0 radical (unpaired) electrons. The van der Waals surface area contributed by atoms with E-state index in [1.165, 1.54) is 16.8 Å². The zero-order chi connectivity index (χ0) is 24.5. The van der Waals surface area contributed by atoms with Crippen molar-refractivity contribution in [2.75, 3.05) is 29.5 Å². The van der Waals surface area contributed by atoms with Crippen LogP contribution in [0, 0.1) is 5.82 Å². The highest BCUT2D eigenvalue weighted by atomic mass is 19.1.